The number of hydrogen-bond acceptors (Lipinski definition) is 2. The molecule has 0 radical (unpaired) electrons. The monoisotopic (exact) mass is 660 g/mol. The van der Waals surface area contributed by atoms with Crippen LogP contribution in [0.2, 0.25) is 0 Å². The highest BCUT2D eigenvalue weighted by Gasteiger charge is 2.16. The van der Waals surface area contributed by atoms with Gasteiger partial charge in [-0.25, -0.2) is 9.97 Å². The topological polar surface area (TPSA) is 25.8 Å². The van der Waals surface area contributed by atoms with E-state index in [1.54, 1.807) is 0 Å². The Labute approximate surface area is 302 Å². The molecule has 0 bridgehead atoms. The van der Waals surface area contributed by atoms with Crippen molar-refractivity contribution in [2.75, 3.05) is 0 Å². The third-order valence-corrected chi connectivity index (χ3v) is 10.3. The van der Waals surface area contributed by atoms with Crippen LogP contribution in [0.1, 0.15) is 0 Å². The first kappa shape index (κ1) is 30.0. The quantitative estimate of drug-likeness (QED) is 0.184. The highest BCUT2D eigenvalue weighted by molar-refractivity contribution is 6.02. The van der Waals surface area contributed by atoms with E-state index in [0.717, 1.165) is 38.9 Å². The average Bonchev–Trinajstić information content (AvgIpc) is 3.22. The molecule has 0 amide bonds. The van der Waals surface area contributed by atoms with E-state index in [1.807, 2.05) is 0 Å². The lowest BCUT2D eigenvalue weighted by molar-refractivity contribution is 1.19. The minimum Gasteiger partial charge on any atom is -0.228 e. The van der Waals surface area contributed by atoms with Crippen LogP contribution in [-0.4, -0.2) is 9.97 Å². The Bertz CT molecular complexity index is 2950. The third kappa shape index (κ3) is 5.30. The number of aromatic nitrogens is 2. The second-order valence-electron chi connectivity index (χ2n) is 13.4. The van der Waals surface area contributed by atoms with Crippen molar-refractivity contribution in [1.82, 2.24) is 9.97 Å². The summed E-state index contributed by atoms with van der Waals surface area (Å²) in [6.45, 7) is 0. The Morgan fingerprint density at radius 1 is 0.250 bits per heavy atom. The van der Waals surface area contributed by atoms with Crippen LogP contribution in [0.5, 0.6) is 0 Å². The molecular weight excluding hydrogens is 629 g/mol. The summed E-state index contributed by atoms with van der Waals surface area (Å²) in [5.41, 5.74) is 9.79. The highest BCUT2D eigenvalue weighted by Crippen LogP contribution is 2.37. The number of benzene rings is 9. The van der Waals surface area contributed by atoms with Gasteiger partial charge < -0.3 is 0 Å². The molecule has 1 heterocycles. The first-order valence-corrected chi connectivity index (χ1v) is 17.7. The van der Waals surface area contributed by atoms with Crippen LogP contribution in [0.25, 0.3) is 99.2 Å². The molecule has 0 aliphatic rings. The van der Waals surface area contributed by atoms with E-state index in [9.17, 15) is 0 Å². The van der Waals surface area contributed by atoms with E-state index in [-0.39, 0.29) is 0 Å². The molecule has 2 heteroatoms. The van der Waals surface area contributed by atoms with Gasteiger partial charge in [-0.15, -0.1) is 0 Å². The predicted molar refractivity (Wildman–Crippen MR) is 219 cm³/mol. The van der Waals surface area contributed by atoms with Crippen molar-refractivity contribution in [2.24, 2.45) is 0 Å². The molecule has 0 N–H and O–H groups in total. The van der Waals surface area contributed by atoms with E-state index >= 15 is 0 Å². The van der Waals surface area contributed by atoms with Crippen molar-refractivity contribution in [3.63, 3.8) is 0 Å². The fraction of sp³-hybridized carbons (Fsp3) is 0. The summed E-state index contributed by atoms with van der Waals surface area (Å²) in [4.78, 5) is 10.6. The van der Waals surface area contributed by atoms with Crippen LogP contribution >= 0.6 is 0 Å². The van der Waals surface area contributed by atoms with Gasteiger partial charge in [0.2, 0.25) is 0 Å². The summed E-state index contributed by atoms with van der Waals surface area (Å²) < 4.78 is 0. The van der Waals surface area contributed by atoms with Crippen molar-refractivity contribution in [3.05, 3.63) is 194 Å². The fourth-order valence-corrected chi connectivity index (χ4v) is 7.64. The molecule has 0 atom stereocenters. The van der Waals surface area contributed by atoms with Gasteiger partial charge in [-0.2, -0.15) is 0 Å². The highest BCUT2D eigenvalue weighted by atomic mass is 14.9. The summed E-state index contributed by atoms with van der Waals surface area (Å²) in [5.74, 6) is 0.705. The molecule has 2 nitrogen and oxygen atoms in total. The van der Waals surface area contributed by atoms with Gasteiger partial charge in [-0.1, -0.05) is 170 Å². The van der Waals surface area contributed by atoms with E-state index < -0.39 is 0 Å². The zero-order chi connectivity index (χ0) is 34.4. The summed E-state index contributed by atoms with van der Waals surface area (Å²) in [7, 11) is 0. The predicted octanol–water partition coefficient (Wildman–Crippen LogP) is 13.4. The lowest BCUT2D eigenvalue weighted by Gasteiger charge is -2.14. The van der Waals surface area contributed by atoms with Crippen LogP contribution in [0.4, 0.5) is 0 Å². The average molecular weight is 661 g/mol. The summed E-state index contributed by atoms with van der Waals surface area (Å²) in [5, 5.41) is 9.54. The van der Waals surface area contributed by atoms with Gasteiger partial charge in [0.15, 0.2) is 5.82 Å². The minimum absolute atomic E-state index is 0.705. The molecule has 1 aromatic heterocycles. The SMILES string of the molecule is c1ccc(-c2ccc3cccc(-c4cc(-c5cccc6ccccc56)nc(-c5ccc6cc(-c7cccc8ccccc78)ccc6c5)n4)c3c2)cc1. The zero-order valence-corrected chi connectivity index (χ0v) is 28.4. The number of nitrogens with zero attached hydrogens (tertiary/aromatic N) is 2. The zero-order valence-electron chi connectivity index (χ0n) is 28.4. The van der Waals surface area contributed by atoms with Crippen LogP contribution in [0, 0.1) is 0 Å². The van der Waals surface area contributed by atoms with E-state index in [1.165, 1.54) is 54.6 Å². The largest absolute Gasteiger partial charge is 0.228 e. The molecule has 9 aromatic carbocycles. The molecular formula is C50H32N2. The van der Waals surface area contributed by atoms with Gasteiger partial charge in [0.05, 0.1) is 11.4 Å². The number of fused-ring (bicyclic) bond motifs is 4. The summed E-state index contributed by atoms with van der Waals surface area (Å²) in [6.07, 6.45) is 0. The first-order chi connectivity index (χ1) is 25.7. The maximum Gasteiger partial charge on any atom is 0.160 e. The smallest absolute Gasteiger partial charge is 0.160 e. The molecule has 0 aliphatic heterocycles. The van der Waals surface area contributed by atoms with E-state index in [0.29, 0.717) is 5.82 Å². The van der Waals surface area contributed by atoms with Gasteiger partial charge in [-0.05, 0) is 89.6 Å². The molecule has 0 saturated heterocycles. The second-order valence-corrected chi connectivity index (χ2v) is 13.4. The van der Waals surface area contributed by atoms with Crippen LogP contribution < -0.4 is 0 Å². The van der Waals surface area contributed by atoms with Crippen molar-refractivity contribution in [1.29, 1.82) is 0 Å². The fourth-order valence-electron chi connectivity index (χ4n) is 7.64. The van der Waals surface area contributed by atoms with Gasteiger partial charge >= 0.3 is 0 Å². The van der Waals surface area contributed by atoms with Gasteiger partial charge in [0.1, 0.15) is 0 Å². The molecule has 10 aromatic rings. The van der Waals surface area contributed by atoms with Crippen LogP contribution in [0.15, 0.2) is 194 Å². The molecule has 0 unspecified atom stereocenters. The van der Waals surface area contributed by atoms with Crippen molar-refractivity contribution >= 4 is 43.1 Å². The Balaban J connectivity index is 1.15. The summed E-state index contributed by atoms with van der Waals surface area (Å²) in [6, 6.07) is 69.4. The lowest BCUT2D eigenvalue weighted by atomic mass is 9.95. The van der Waals surface area contributed by atoms with Crippen molar-refractivity contribution < 1.29 is 0 Å². The first-order valence-electron chi connectivity index (χ1n) is 17.7. The molecule has 0 aliphatic carbocycles. The normalized spacial score (nSPS) is 11.5. The molecule has 10 rings (SSSR count). The number of hydrogen-bond donors (Lipinski definition) is 0. The van der Waals surface area contributed by atoms with Gasteiger partial charge in [0.25, 0.3) is 0 Å². The Kier molecular flexibility index (Phi) is 7.18. The van der Waals surface area contributed by atoms with Gasteiger partial charge in [-0.3, -0.25) is 0 Å². The van der Waals surface area contributed by atoms with Crippen molar-refractivity contribution in [2.45, 2.75) is 0 Å². The number of rotatable bonds is 5. The van der Waals surface area contributed by atoms with Gasteiger partial charge in [0, 0.05) is 16.7 Å². The minimum atomic E-state index is 0.705. The van der Waals surface area contributed by atoms with E-state index in [2.05, 4.69) is 194 Å². The van der Waals surface area contributed by atoms with Crippen molar-refractivity contribution in [3.8, 4) is 56.2 Å². The maximum atomic E-state index is 5.33. The third-order valence-electron chi connectivity index (χ3n) is 10.3. The van der Waals surface area contributed by atoms with Crippen LogP contribution in [0.3, 0.4) is 0 Å². The molecule has 0 spiro atoms. The summed E-state index contributed by atoms with van der Waals surface area (Å²) >= 11 is 0. The molecule has 0 fully saturated rings. The Hall–Kier alpha value is -6.90. The Morgan fingerprint density at radius 2 is 0.731 bits per heavy atom. The molecule has 0 saturated carbocycles. The molecule has 52 heavy (non-hydrogen) atoms. The molecule has 242 valence electrons. The Morgan fingerprint density at radius 3 is 1.42 bits per heavy atom. The van der Waals surface area contributed by atoms with Crippen LogP contribution in [-0.2, 0) is 0 Å². The standard InChI is InChI=1S/C50H32N2/c1-2-11-33(12-3-1)39-24-23-36-17-10-22-46(47(36)31-39)49-32-48(45-21-9-16-35-14-5-7-19-43(35)45)51-50(52-49)41-28-26-37-29-40(27-25-38(37)30-41)44-20-8-15-34-13-4-6-18-42(34)44/h1-32H. The lowest BCUT2D eigenvalue weighted by Crippen LogP contribution is -1.97. The van der Waals surface area contributed by atoms with E-state index in [4.69, 9.17) is 9.97 Å². The second kappa shape index (κ2) is 12.5. The maximum absolute atomic E-state index is 5.33.